The maximum Gasteiger partial charge on any atom is 0.471 e. The Labute approximate surface area is 177 Å². The highest BCUT2D eigenvalue weighted by Crippen LogP contribution is 2.31. The molecule has 0 bridgehead atoms. The van der Waals surface area contributed by atoms with Crippen molar-refractivity contribution in [1.82, 2.24) is 4.90 Å². The lowest BCUT2D eigenvalue weighted by molar-refractivity contribution is -0.186. The number of hydrogen-bond acceptors (Lipinski definition) is 6. The lowest BCUT2D eigenvalue weighted by Crippen LogP contribution is -2.40. The van der Waals surface area contributed by atoms with Crippen molar-refractivity contribution in [3.8, 4) is 23.0 Å². The number of carbonyl (C=O) groups excluding carboxylic acids is 2. The first-order valence-electron chi connectivity index (χ1n) is 9.01. The molecule has 0 atom stereocenters. The molecule has 0 aromatic heterocycles. The van der Waals surface area contributed by atoms with Crippen LogP contribution in [0.15, 0.2) is 36.4 Å². The molecule has 10 heteroatoms. The van der Waals surface area contributed by atoms with Gasteiger partial charge in [0.2, 0.25) is 0 Å². The Bertz CT molecular complexity index is 945. The van der Waals surface area contributed by atoms with Crippen LogP contribution in [0.3, 0.4) is 0 Å². The number of rotatable bonds is 8. The van der Waals surface area contributed by atoms with Crippen LogP contribution < -0.4 is 18.9 Å². The number of halogens is 3. The molecule has 1 amide bonds. The highest BCUT2D eigenvalue weighted by molar-refractivity contribution is 5.82. The largest absolute Gasteiger partial charge is 0.493 e. The van der Waals surface area contributed by atoms with Crippen molar-refractivity contribution in [2.45, 2.75) is 26.2 Å². The van der Waals surface area contributed by atoms with Gasteiger partial charge in [-0.15, -0.1) is 0 Å². The Balaban J connectivity index is 2.35. The summed E-state index contributed by atoms with van der Waals surface area (Å²) >= 11 is 0. The molecule has 0 aliphatic heterocycles. The summed E-state index contributed by atoms with van der Waals surface area (Å²) in [4.78, 5) is 23.9. The molecule has 0 spiro atoms. The fourth-order valence-electron chi connectivity index (χ4n) is 2.85. The predicted molar refractivity (Wildman–Crippen MR) is 104 cm³/mol. The molecule has 2 rings (SSSR count). The number of benzene rings is 2. The monoisotopic (exact) mass is 441 g/mol. The SMILES string of the molecule is COc1ccc(CN(Cc2ccc(OC(C)=O)c(OC)c2)C(=O)C(F)(F)F)cc1OC. The van der Waals surface area contributed by atoms with Gasteiger partial charge in [-0.05, 0) is 35.4 Å². The number of nitrogens with zero attached hydrogens (tertiary/aromatic N) is 1. The minimum Gasteiger partial charge on any atom is -0.493 e. The van der Waals surface area contributed by atoms with Gasteiger partial charge < -0.3 is 23.8 Å². The molecule has 0 fully saturated rings. The summed E-state index contributed by atoms with van der Waals surface area (Å²) in [6.45, 7) is 0.524. The summed E-state index contributed by atoms with van der Waals surface area (Å²) in [6.07, 6.45) is -5.06. The molecule has 0 aliphatic carbocycles. The smallest absolute Gasteiger partial charge is 0.471 e. The number of alkyl halides is 3. The Morgan fingerprint density at radius 1 is 0.806 bits per heavy atom. The van der Waals surface area contributed by atoms with E-state index in [1.807, 2.05) is 0 Å². The predicted octanol–water partition coefficient (Wildman–Crippen LogP) is 3.73. The van der Waals surface area contributed by atoms with Crippen LogP contribution in [-0.2, 0) is 22.7 Å². The number of carbonyl (C=O) groups is 2. The minimum absolute atomic E-state index is 0.118. The molecule has 0 saturated carbocycles. The van der Waals surface area contributed by atoms with Crippen LogP contribution in [0.4, 0.5) is 13.2 Å². The normalized spacial score (nSPS) is 10.9. The van der Waals surface area contributed by atoms with Crippen molar-refractivity contribution < 1.29 is 41.7 Å². The number of ether oxygens (including phenoxy) is 4. The zero-order valence-electron chi connectivity index (χ0n) is 17.4. The molecule has 0 N–H and O–H groups in total. The van der Waals surface area contributed by atoms with Crippen LogP contribution in [0.25, 0.3) is 0 Å². The van der Waals surface area contributed by atoms with Crippen molar-refractivity contribution in [2.75, 3.05) is 21.3 Å². The van der Waals surface area contributed by atoms with E-state index in [4.69, 9.17) is 18.9 Å². The molecule has 2 aromatic carbocycles. The molecule has 168 valence electrons. The van der Waals surface area contributed by atoms with Gasteiger partial charge in [0.15, 0.2) is 23.0 Å². The second-order valence-corrected chi connectivity index (χ2v) is 6.43. The van der Waals surface area contributed by atoms with E-state index < -0.39 is 18.1 Å². The maximum atomic E-state index is 13.2. The molecule has 0 saturated heterocycles. The summed E-state index contributed by atoms with van der Waals surface area (Å²) in [5, 5.41) is 0. The fraction of sp³-hybridized carbons (Fsp3) is 0.333. The minimum atomic E-state index is -5.06. The number of methoxy groups -OCH3 is 3. The zero-order valence-corrected chi connectivity index (χ0v) is 17.4. The summed E-state index contributed by atoms with van der Waals surface area (Å²) < 4.78 is 60.0. The Hall–Kier alpha value is -3.43. The third-order valence-corrected chi connectivity index (χ3v) is 4.21. The lowest BCUT2D eigenvalue weighted by atomic mass is 10.1. The number of amides is 1. The molecule has 0 aliphatic rings. The summed E-state index contributed by atoms with van der Waals surface area (Å²) in [5.74, 6) is -1.57. The quantitative estimate of drug-likeness (QED) is 0.459. The Kier molecular flexibility index (Phi) is 7.73. The van der Waals surface area contributed by atoms with E-state index in [2.05, 4.69) is 0 Å². The number of esters is 1. The molecule has 2 aromatic rings. The first kappa shape index (κ1) is 23.8. The van der Waals surface area contributed by atoms with Gasteiger partial charge in [-0.3, -0.25) is 9.59 Å². The van der Waals surface area contributed by atoms with Gasteiger partial charge in [0, 0.05) is 20.0 Å². The van der Waals surface area contributed by atoms with Crippen LogP contribution in [0, 0.1) is 0 Å². The average molecular weight is 441 g/mol. The summed E-state index contributed by atoms with van der Waals surface area (Å²) in [5.41, 5.74) is 0.768. The van der Waals surface area contributed by atoms with Crippen LogP contribution >= 0.6 is 0 Å². The second-order valence-electron chi connectivity index (χ2n) is 6.43. The Morgan fingerprint density at radius 2 is 1.26 bits per heavy atom. The highest BCUT2D eigenvalue weighted by atomic mass is 19.4. The van der Waals surface area contributed by atoms with E-state index in [-0.39, 0.29) is 24.6 Å². The van der Waals surface area contributed by atoms with Crippen LogP contribution in [0.1, 0.15) is 18.1 Å². The van der Waals surface area contributed by atoms with E-state index in [0.717, 1.165) is 0 Å². The molecule has 0 heterocycles. The van der Waals surface area contributed by atoms with Gasteiger partial charge in [0.05, 0.1) is 21.3 Å². The molecular weight excluding hydrogens is 419 g/mol. The Morgan fingerprint density at radius 3 is 1.68 bits per heavy atom. The van der Waals surface area contributed by atoms with E-state index >= 15 is 0 Å². The standard InChI is InChI=1S/C21H22F3NO6/c1-13(26)31-17-8-6-15(10-19(17)30-4)12-25(20(27)21(22,23)24)11-14-5-7-16(28-2)18(9-14)29-3/h5-10H,11-12H2,1-4H3. The lowest BCUT2D eigenvalue weighted by Gasteiger charge is -2.25. The van der Waals surface area contributed by atoms with Gasteiger partial charge in [0.25, 0.3) is 0 Å². The van der Waals surface area contributed by atoms with E-state index in [1.165, 1.54) is 52.5 Å². The molecule has 0 unspecified atom stereocenters. The first-order chi connectivity index (χ1) is 14.6. The van der Waals surface area contributed by atoms with Crippen LogP contribution in [-0.4, -0.2) is 44.3 Å². The van der Waals surface area contributed by atoms with Gasteiger partial charge in [-0.1, -0.05) is 12.1 Å². The zero-order chi connectivity index (χ0) is 23.2. The fourth-order valence-corrected chi connectivity index (χ4v) is 2.85. The van der Waals surface area contributed by atoms with Gasteiger partial charge in [0.1, 0.15) is 0 Å². The van der Waals surface area contributed by atoms with E-state index in [1.54, 1.807) is 12.1 Å². The number of hydrogen-bond donors (Lipinski definition) is 0. The molecule has 0 radical (unpaired) electrons. The van der Waals surface area contributed by atoms with Gasteiger partial charge in [-0.2, -0.15) is 13.2 Å². The third-order valence-electron chi connectivity index (χ3n) is 4.21. The van der Waals surface area contributed by atoms with E-state index in [9.17, 15) is 22.8 Å². The van der Waals surface area contributed by atoms with Crippen LogP contribution in [0.5, 0.6) is 23.0 Å². The third kappa shape index (κ3) is 6.27. The molecule has 7 nitrogen and oxygen atoms in total. The average Bonchev–Trinajstić information content (AvgIpc) is 2.72. The maximum absolute atomic E-state index is 13.2. The van der Waals surface area contributed by atoms with E-state index in [0.29, 0.717) is 27.5 Å². The summed E-state index contributed by atoms with van der Waals surface area (Å²) in [7, 11) is 4.16. The van der Waals surface area contributed by atoms with Crippen molar-refractivity contribution in [2.24, 2.45) is 0 Å². The highest BCUT2D eigenvalue weighted by Gasteiger charge is 2.42. The topological polar surface area (TPSA) is 74.3 Å². The van der Waals surface area contributed by atoms with Crippen molar-refractivity contribution >= 4 is 11.9 Å². The molecule has 31 heavy (non-hydrogen) atoms. The van der Waals surface area contributed by atoms with Crippen molar-refractivity contribution in [1.29, 1.82) is 0 Å². The first-order valence-corrected chi connectivity index (χ1v) is 9.01. The van der Waals surface area contributed by atoms with Crippen molar-refractivity contribution in [3.05, 3.63) is 47.5 Å². The van der Waals surface area contributed by atoms with Crippen LogP contribution in [0.2, 0.25) is 0 Å². The molecular formula is C21H22F3NO6. The summed E-state index contributed by atoms with van der Waals surface area (Å²) in [6, 6.07) is 8.83. The van der Waals surface area contributed by atoms with Gasteiger partial charge >= 0.3 is 18.1 Å². The van der Waals surface area contributed by atoms with Crippen molar-refractivity contribution in [3.63, 3.8) is 0 Å². The van der Waals surface area contributed by atoms with Gasteiger partial charge in [-0.25, -0.2) is 0 Å². The second kappa shape index (κ2) is 10.1.